The third-order valence-electron chi connectivity index (χ3n) is 5.68. The maximum Gasteiger partial charge on any atom is 0.295 e. The van der Waals surface area contributed by atoms with Crippen molar-refractivity contribution in [2.45, 2.75) is 38.0 Å². The van der Waals surface area contributed by atoms with Gasteiger partial charge < -0.3 is 4.90 Å². The van der Waals surface area contributed by atoms with Gasteiger partial charge in [-0.25, -0.2) is 13.8 Å². The molecule has 2 aromatic carbocycles. The van der Waals surface area contributed by atoms with Crippen molar-refractivity contribution in [2.24, 2.45) is 5.10 Å². The molecule has 172 valence electrons. The molecule has 2 N–H and O–H groups in total. The highest BCUT2D eigenvalue weighted by Crippen LogP contribution is 2.21. The van der Waals surface area contributed by atoms with Crippen molar-refractivity contribution in [3.63, 3.8) is 0 Å². The molecule has 8 heteroatoms. The van der Waals surface area contributed by atoms with E-state index in [1.807, 2.05) is 19.1 Å². The first-order valence-corrected chi connectivity index (χ1v) is 12.3. The van der Waals surface area contributed by atoms with E-state index in [1.165, 1.54) is 9.87 Å². The number of aryl methyl sites for hydroxylation is 1. The molecule has 1 aliphatic heterocycles. The molecule has 2 aromatic rings. The van der Waals surface area contributed by atoms with Crippen LogP contribution in [-0.4, -0.2) is 57.6 Å². The van der Waals surface area contributed by atoms with Gasteiger partial charge in [0.1, 0.15) is 0 Å². The summed E-state index contributed by atoms with van der Waals surface area (Å²) < 4.78 is 27.1. The minimum Gasteiger partial charge on any atom is -0.325 e. The summed E-state index contributed by atoms with van der Waals surface area (Å²) in [5.74, 6) is -0.183. The van der Waals surface area contributed by atoms with Crippen LogP contribution in [0.1, 0.15) is 37.5 Å². The van der Waals surface area contributed by atoms with Gasteiger partial charge in [-0.1, -0.05) is 62.7 Å². The molecule has 0 saturated carbocycles. The molecule has 3 rings (SSSR count). The second-order valence-corrected chi connectivity index (χ2v) is 11.2. The van der Waals surface area contributed by atoms with Crippen molar-refractivity contribution in [2.75, 3.05) is 32.7 Å². The second-order valence-electron chi connectivity index (χ2n) is 9.31. The van der Waals surface area contributed by atoms with Crippen LogP contribution in [0.25, 0.3) is 0 Å². The summed E-state index contributed by atoms with van der Waals surface area (Å²) in [5, 5.41) is 4.06. The number of quaternary nitrogens is 1. The van der Waals surface area contributed by atoms with Gasteiger partial charge in [0, 0.05) is 0 Å². The molecule has 0 atom stereocenters. The lowest BCUT2D eigenvalue weighted by Gasteiger charge is -2.31. The van der Waals surface area contributed by atoms with Crippen molar-refractivity contribution < 1.29 is 18.1 Å². The van der Waals surface area contributed by atoms with Crippen LogP contribution in [0.2, 0.25) is 0 Å². The number of hydrogen-bond donors (Lipinski definition) is 2. The van der Waals surface area contributed by atoms with Crippen molar-refractivity contribution in [3.05, 3.63) is 65.2 Å². The molecule has 7 nitrogen and oxygen atoms in total. The van der Waals surface area contributed by atoms with Crippen LogP contribution in [0.15, 0.2) is 58.5 Å². The van der Waals surface area contributed by atoms with E-state index >= 15 is 0 Å². The topological polar surface area (TPSA) is 83.3 Å². The first kappa shape index (κ1) is 24.1. The van der Waals surface area contributed by atoms with E-state index in [1.54, 1.807) is 30.5 Å². The van der Waals surface area contributed by atoms with Crippen LogP contribution in [-0.2, 0) is 20.2 Å². The van der Waals surface area contributed by atoms with Gasteiger partial charge in [-0.05, 0) is 35.6 Å². The highest BCUT2D eigenvalue weighted by atomic mass is 32.2. The zero-order valence-electron chi connectivity index (χ0n) is 19.3. The third kappa shape index (κ3) is 6.25. The van der Waals surface area contributed by atoms with Gasteiger partial charge in [-0.15, -0.1) is 0 Å². The Morgan fingerprint density at radius 3 is 2.22 bits per heavy atom. The average molecular weight is 458 g/mol. The summed E-state index contributed by atoms with van der Waals surface area (Å²) in [7, 11) is -3.49. The Bertz CT molecular complexity index is 1050. The lowest BCUT2D eigenvalue weighted by molar-refractivity contribution is -0.895. The molecular formula is C24H33N4O3S+. The van der Waals surface area contributed by atoms with Gasteiger partial charge >= 0.3 is 0 Å². The Labute approximate surface area is 191 Å². The summed E-state index contributed by atoms with van der Waals surface area (Å²) in [6, 6.07) is 15.0. The van der Waals surface area contributed by atoms with Gasteiger partial charge in [0.25, 0.3) is 5.91 Å². The number of carbonyl (C=O) groups is 1. The Hall–Kier alpha value is -2.55. The fourth-order valence-corrected chi connectivity index (χ4v) is 5.03. The van der Waals surface area contributed by atoms with Crippen LogP contribution in [0, 0.1) is 6.92 Å². The molecular weight excluding hydrogens is 424 g/mol. The lowest BCUT2D eigenvalue weighted by Crippen LogP contribution is -3.15. The lowest BCUT2D eigenvalue weighted by atomic mass is 9.87. The van der Waals surface area contributed by atoms with Crippen LogP contribution in [0.4, 0.5) is 0 Å². The zero-order chi connectivity index (χ0) is 23.4. The molecule has 0 spiro atoms. The SMILES string of the molecule is Cc1ccc(S(=O)(=O)N2CC[NH+](CC(=O)N/N=C\c3ccc(C(C)(C)C)cc3)CC2)cc1. The number of benzene rings is 2. The number of piperazine rings is 1. The fraction of sp³-hybridized carbons (Fsp3) is 0.417. The standard InChI is InChI=1S/C24H32N4O3S/c1-19-5-11-22(12-6-19)32(30,31)28-15-13-27(14-16-28)18-23(29)26-25-17-20-7-9-21(10-8-20)24(2,3)4/h5-12,17H,13-16,18H2,1-4H3,(H,26,29)/p+1/b25-17-. The summed E-state index contributed by atoms with van der Waals surface area (Å²) in [5.41, 5.74) is 5.85. The summed E-state index contributed by atoms with van der Waals surface area (Å²) in [6.45, 7) is 10.6. The number of hydrogen-bond acceptors (Lipinski definition) is 4. The number of rotatable bonds is 6. The minimum atomic E-state index is -3.49. The summed E-state index contributed by atoms with van der Waals surface area (Å²) in [4.78, 5) is 13.6. The first-order valence-electron chi connectivity index (χ1n) is 10.9. The molecule has 1 aliphatic rings. The smallest absolute Gasteiger partial charge is 0.295 e. The maximum absolute atomic E-state index is 12.8. The molecule has 32 heavy (non-hydrogen) atoms. The van der Waals surface area contributed by atoms with Crippen LogP contribution in [0.5, 0.6) is 0 Å². The first-order chi connectivity index (χ1) is 15.1. The number of hydrazone groups is 1. The van der Waals surface area contributed by atoms with E-state index < -0.39 is 10.0 Å². The third-order valence-corrected chi connectivity index (χ3v) is 7.59. The molecule has 0 radical (unpaired) electrons. The Morgan fingerprint density at radius 2 is 1.66 bits per heavy atom. The minimum absolute atomic E-state index is 0.0934. The van der Waals surface area contributed by atoms with Gasteiger partial charge in [-0.2, -0.15) is 9.41 Å². The Balaban J connectivity index is 1.46. The zero-order valence-corrected chi connectivity index (χ0v) is 20.1. The Kier molecular flexibility index (Phi) is 7.48. The van der Waals surface area contributed by atoms with E-state index in [2.05, 4.69) is 43.4 Å². The predicted molar refractivity (Wildman–Crippen MR) is 126 cm³/mol. The van der Waals surface area contributed by atoms with Gasteiger partial charge in [0.05, 0.1) is 37.3 Å². The van der Waals surface area contributed by atoms with Crippen LogP contribution < -0.4 is 10.3 Å². The molecule has 0 bridgehead atoms. The number of nitrogens with one attached hydrogen (secondary N) is 2. The fourth-order valence-electron chi connectivity index (χ4n) is 3.59. The summed E-state index contributed by atoms with van der Waals surface area (Å²) >= 11 is 0. The number of amides is 1. The van der Waals surface area contributed by atoms with Crippen molar-refractivity contribution in [1.82, 2.24) is 9.73 Å². The monoisotopic (exact) mass is 457 g/mol. The molecule has 0 aromatic heterocycles. The highest BCUT2D eigenvalue weighted by molar-refractivity contribution is 7.89. The molecule has 1 saturated heterocycles. The summed E-state index contributed by atoms with van der Waals surface area (Å²) in [6.07, 6.45) is 1.63. The number of sulfonamides is 1. The quantitative estimate of drug-likeness (QED) is 0.507. The highest BCUT2D eigenvalue weighted by Gasteiger charge is 2.31. The normalized spacial score (nSPS) is 16.4. The number of carbonyl (C=O) groups excluding carboxylic acids is 1. The van der Waals surface area contributed by atoms with Crippen LogP contribution in [0.3, 0.4) is 0 Å². The van der Waals surface area contributed by atoms with Gasteiger partial charge in [0.15, 0.2) is 6.54 Å². The van der Waals surface area contributed by atoms with E-state index in [-0.39, 0.29) is 17.9 Å². The maximum atomic E-state index is 12.8. The van der Waals surface area contributed by atoms with Gasteiger partial charge in [-0.3, -0.25) is 4.79 Å². The molecule has 1 amide bonds. The number of nitrogens with zero attached hydrogens (tertiary/aromatic N) is 2. The van der Waals surface area contributed by atoms with Gasteiger partial charge in [0.2, 0.25) is 10.0 Å². The predicted octanol–water partition coefficient (Wildman–Crippen LogP) is 1.33. The average Bonchev–Trinajstić information content (AvgIpc) is 2.74. The largest absolute Gasteiger partial charge is 0.325 e. The molecule has 0 aliphatic carbocycles. The van der Waals surface area contributed by atoms with E-state index in [4.69, 9.17) is 0 Å². The van der Waals surface area contributed by atoms with Crippen LogP contribution >= 0.6 is 0 Å². The van der Waals surface area contributed by atoms with E-state index in [0.717, 1.165) is 16.0 Å². The van der Waals surface area contributed by atoms with E-state index in [0.29, 0.717) is 31.1 Å². The molecule has 1 heterocycles. The molecule has 1 fully saturated rings. The van der Waals surface area contributed by atoms with Crippen molar-refractivity contribution in [3.8, 4) is 0 Å². The van der Waals surface area contributed by atoms with E-state index in [9.17, 15) is 13.2 Å². The second kappa shape index (κ2) is 9.94. The Morgan fingerprint density at radius 1 is 1.06 bits per heavy atom. The van der Waals surface area contributed by atoms with Crippen molar-refractivity contribution in [1.29, 1.82) is 0 Å². The molecule has 0 unspecified atom stereocenters. The van der Waals surface area contributed by atoms with Crippen molar-refractivity contribution >= 4 is 22.1 Å².